The Labute approximate surface area is 121 Å². The first-order valence-electron chi connectivity index (χ1n) is 7.88. The number of nitrogens with two attached hydrogens (primary N) is 1. The minimum atomic E-state index is -0.413. The van der Waals surface area contributed by atoms with Crippen LogP contribution in [-0.2, 0) is 6.42 Å². The Balaban J connectivity index is 1.88. The Hall–Kier alpha value is -1.06. The van der Waals surface area contributed by atoms with E-state index in [0.717, 1.165) is 31.4 Å². The predicted octanol–water partition coefficient (Wildman–Crippen LogP) is 2.62. The third kappa shape index (κ3) is 2.23. The zero-order chi connectivity index (χ0) is 14.2. The number of rotatable bonds is 3. The Kier molecular flexibility index (Phi) is 3.74. The minimum absolute atomic E-state index is 0.100. The molecule has 1 aromatic carbocycles. The molecule has 0 amide bonds. The number of aliphatic hydroxyl groups excluding tert-OH is 1. The average molecular weight is 274 g/mol. The number of nitrogens with zero attached hydrogens (tertiary/aromatic N) is 1. The van der Waals surface area contributed by atoms with Crippen LogP contribution in [0.5, 0.6) is 0 Å². The first-order valence-corrected chi connectivity index (χ1v) is 7.88. The fraction of sp³-hybridized carbons (Fsp3) is 0.647. The van der Waals surface area contributed by atoms with Gasteiger partial charge in [-0.25, -0.2) is 0 Å². The highest BCUT2D eigenvalue weighted by molar-refractivity contribution is 5.58. The zero-order valence-electron chi connectivity index (χ0n) is 12.4. The maximum atomic E-state index is 10.9. The molecule has 1 heterocycles. The van der Waals surface area contributed by atoms with E-state index >= 15 is 0 Å². The molecule has 2 aliphatic rings. The van der Waals surface area contributed by atoms with Crippen LogP contribution in [0.15, 0.2) is 18.2 Å². The lowest BCUT2D eigenvalue weighted by Gasteiger charge is -2.40. The summed E-state index contributed by atoms with van der Waals surface area (Å²) < 4.78 is 0. The van der Waals surface area contributed by atoms with Gasteiger partial charge in [-0.15, -0.1) is 0 Å². The lowest BCUT2D eigenvalue weighted by molar-refractivity contribution is 0.000673. The fourth-order valence-electron chi connectivity index (χ4n) is 3.96. The van der Waals surface area contributed by atoms with Crippen LogP contribution in [0.4, 0.5) is 5.69 Å². The summed E-state index contributed by atoms with van der Waals surface area (Å²) >= 11 is 0. The van der Waals surface area contributed by atoms with Gasteiger partial charge in [0.2, 0.25) is 0 Å². The van der Waals surface area contributed by atoms with Crippen molar-refractivity contribution in [2.75, 3.05) is 25.0 Å². The van der Waals surface area contributed by atoms with Crippen LogP contribution in [0.1, 0.15) is 49.3 Å². The van der Waals surface area contributed by atoms with Crippen molar-refractivity contribution in [2.45, 2.75) is 44.6 Å². The number of hydrogen-bond acceptors (Lipinski definition) is 3. The number of benzene rings is 1. The van der Waals surface area contributed by atoms with E-state index in [1.165, 1.54) is 30.5 Å². The largest absolute Gasteiger partial charge is 0.388 e. The van der Waals surface area contributed by atoms with Gasteiger partial charge in [-0.3, -0.25) is 0 Å². The van der Waals surface area contributed by atoms with Gasteiger partial charge < -0.3 is 15.7 Å². The third-order valence-electron chi connectivity index (χ3n) is 5.38. The van der Waals surface area contributed by atoms with E-state index in [1.54, 1.807) is 0 Å². The van der Waals surface area contributed by atoms with Gasteiger partial charge in [-0.05, 0) is 36.5 Å². The van der Waals surface area contributed by atoms with E-state index in [9.17, 15) is 5.11 Å². The standard InChI is InChI=1S/C17H26N2O/c1-19-10-7-13-11-14(5-6-15(13)19)16(20)17(12-18)8-3-2-4-9-17/h5-6,11,16,20H,2-4,7-10,12,18H2,1H3. The maximum absolute atomic E-state index is 10.9. The SMILES string of the molecule is CN1CCc2cc(C(O)C3(CN)CCCCC3)ccc21. The molecular weight excluding hydrogens is 248 g/mol. The minimum Gasteiger partial charge on any atom is -0.388 e. The molecule has 0 aromatic heterocycles. The molecule has 20 heavy (non-hydrogen) atoms. The molecule has 3 heteroatoms. The first-order chi connectivity index (χ1) is 9.66. The monoisotopic (exact) mass is 274 g/mol. The summed E-state index contributed by atoms with van der Waals surface area (Å²) in [6.07, 6.45) is 6.46. The lowest BCUT2D eigenvalue weighted by Crippen LogP contribution is -2.38. The van der Waals surface area contributed by atoms with Crippen molar-refractivity contribution in [3.8, 4) is 0 Å². The highest BCUT2D eigenvalue weighted by Gasteiger charge is 2.38. The topological polar surface area (TPSA) is 49.5 Å². The molecule has 3 rings (SSSR count). The van der Waals surface area contributed by atoms with Crippen LogP contribution in [-0.4, -0.2) is 25.2 Å². The van der Waals surface area contributed by atoms with E-state index in [1.807, 2.05) is 0 Å². The van der Waals surface area contributed by atoms with Gasteiger partial charge >= 0.3 is 0 Å². The maximum Gasteiger partial charge on any atom is 0.0858 e. The number of likely N-dealkylation sites (N-methyl/N-ethyl adjacent to an activating group) is 1. The summed E-state index contributed by atoms with van der Waals surface area (Å²) in [6.45, 7) is 1.67. The first kappa shape index (κ1) is 13.9. The van der Waals surface area contributed by atoms with E-state index in [-0.39, 0.29) is 5.41 Å². The summed E-state index contributed by atoms with van der Waals surface area (Å²) in [4.78, 5) is 2.28. The summed E-state index contributed by atoms with van der Waals surface area (Å²) in [6, 6.07) is 6.46. The molecule has 1 fully saturated rings. The summed E-state index contributed by atoms with van der Waals surface area (Å²) in [5, 5.41) is 10.9. The molecule has 1 saturated carbocycles. The average Bonchev–Trinajstić information content (AvgIpc) is 2.88. The second kappa shape index (κ2) is 5.38. The fourth-order valence-corrected chi connectivity index (χ4v) is 3.96. The highest BCUT2D eigenvalue weighted by atomic mass is 16.3. The smallest absolute Gasteiger partial charge is 0.0858 e. The molecule has 0 spiro atoms. The van der Waals surface area contributed by atoms with Crippen molar-refractivity contribution < 1.29 is 5.11 Å². The predicted molar refractivity (Wildman–Crippen MR) is 82.9 cm³/mol. The van der Waals surface area contributed by atoms with Gasteiger partial charge in [0.05, 0.1) is 6.10 Å². The van der Waals surface area contributed by atoms with Gasteiger partial charge in [0.1, 0.15) is 0 Å². The summed E-state index contributed by atoms with van der Waals surface area (Å²) in [5.74, 6) is 0. The summed E-state index contributed by atoms with van der Waals surface area (Å²) in [5.41, 5.74) is 9.68. The normalized spacial score (nSPS) is 22.6. The number of anilines is 1. The second-order valence-electron chi connectivity index (χ2n) is 6.59. The molecule has 110 valence electrons. The van der Waals surface area contributed by atoms with E-state index in [2.05, 4.69) is 30.1 Å². The van der Waals surface area contributed by atoms with Crippen molar-refractivity contribution in [2.24, 2.45) is 11.1 Å². The van der Waals surface area contributed by atoms with E-state index in [0.29, 0.717) is 6.54 Å². The quantitative estimate of drug-likeness (QED) is 0.891. The zero-order valence-corrected chi connectivity index (χ0v) is 12.4. The molecule has 0 saturated heterocycles. The van der Waals surface area contributed by atoms with E-state index < -0.39 is 6.10 Å². The van der Waals surface area contributed by atoms with Gasteiger partial charge in [0.15, 0.2) is 0 Å². The van der Waals surface area contributed by atoms with Gasteiger partial charge in [-0.2, -0.15) is 0 Å². The molecule has 0 radical (unpaired) electrons. The second-order valence-corrected chi connectivity index (χ2v) is 6.59. The Morgan fingerprint density at radius 3 is 2.75 bits per heavy atom. The van der Waals surface area contributed by atoms with Crippen LogP contribution in [0.25, 0.3) is 0 Å². The van der Waals surface area contributed by atoms with Crippen LogP contribution >= 0.6 is 0 Å². The van der Waals surface area contributed by atoms with Crippen LogP contribution in [0.3, 0.4) is 0 Å². The molecule has 1 aromatic rings. The molecule has 3 N–H and O–H groups in total. The van der Waals surface area contributed by atoms with Crippen molar-refractivity contribution >= 4 is 5.69 Å². The van der Waals surface area contributed by atoms with Crippen LogP contribution in [0.2, 0.25) is 0 Å². The van der Waals surface area contributed by atoms with Gasteiger partial charge in [0, 0.05) is 31.2 Å². The van der Waals surface area contributed by atoms with Gasteiger partial charge in [0.25, 0.3) is 0 Å². The molecule has 1 aliphatic heterocycles. The Morgan fingerprint density at radius 1 is 1.30 bits per heavy atom. The van der Waals surface area contributed by atoms with Crippen molar-refractivity contribution in [3.05, 3.63) is 29.3 Å². The van der Waals surface area contributed by atoms with Crippen LogP contribution < -0.4 is 10.6 Å². The van der Waals surface area contributed by atoms with Gasteiger partial charge in [-0.1, -0.05) is 31.4 Å². The molecular formula is C17H26N2O. The lowest BCUT2D eigenvalue weighted by atomic mass is 9.68. The summed E-state index contributed by atoms with van der Waals surface area (Å²) in [7, 11) is 2.13. The molecule has 0 bridgehead atoms. The van der Waals surface area contributed by atoms with Crippen LogP contribution in [0, 0.1) is 5.41 Å². The third-order valence-corrected chi connectivity index (χ3v) is 5.38. The molecule has 1 unspecified atom stereocenters. The molecule has 3 nitrogen and oxygen atoms in total. The molecule has 1 aliphatic carbocycles. The highest BCUT2D eigenvalue weighted by Crippen LogP contribution is 2.46. The number of fused-ring (bicyclic) bond motifs is 1. The number of aliphatic hydroxyl groups is 1. The Bertz CT molecular complexity index is 480. The van der Waals surface area contributed by atoms with Crippen molar-refractivity contribution in [1.82, 2.24) is 0 Å². The Morgan fingerprint density at radius 2 is 2.05 bits per heavy atom. The number of hydrogen-bond donors (Lipinski definition) is 2. The van der Waals surface area contributed by atoms with E-state index in [4.69, 9.17) is 5.73 Å². The molecule has 1 atom stereocenters. The van der Waals surface area contributed by atoms with Crippen molar-refractivity contribution in [1.29, 1.82) is 0 Å². The van der Waals surface area contributed by atoms with Crippen molar-refractivity contribution in [3.63, 3.8) is 0 Å².